The Kier molecular flexibility index (Phi) is 7.49. The minimum absolute atomic E-state index is 0.272. The Labute approximate surface area is 117 Å². The fourth-order valence-electron chi connectivity index (χ4n) is 2.13. The number of aryl methyl sites for hydroxylation is 1. The Morgan fingerprint density at radius 2 is 2.11 bits per heavy atom. The monoisotopic (exact) mass is 264 g/mol. The minimum atomic E-state index is 0.272. The van der Waals surface area contributed by atoms with Crippen molar-refractivity contribution >= 4 is 0 Å². The number of ether oxygens (including phenoxy) is 1. The third-order valence-corrected chi connectivity index (χ3v) is 3.24. The van der Waals surface area contributed by atoms with Crippen molar-refractivity contribution in [2.24, 2.45) is 0 Å². The number of nitrogens with one attached hydrogen (secondary N) is 1. The lowest BCUT2D eigenvalue weighted by molar-refractivity contribution is 0.204. The van der Waals surface area contributed by atoms with Crippen LogP contribution in [-0.2, 0) is 6.54 Å². The standard InChI is InChI=1S/C16H28N2O/c1-5-6-7-8-9-14(3)19-16-10-13(2)18-12-15(16)11-17-4/h10,12,14,17H,5-9,11H2,1-4H3. The van der Waals surface area contributed by atoms with E-state index in [0.717, 1.165) is 30.0 Å². The second kappa shape index (κ2) is 8.92. The lowest BCUT2D eigenvalue weighted by atomic mass is 10.1. The molecule has 0 aliphatic heterocycles. The zero-order chi connectivity index (χ0) is 14.1. The number of nitrogens with zero attached hydrogens (tertiary/aromatic N) is 1. The summed E-state index contributed by atoms with van der Waals surface area (Å²) in [6.45, 7) is 7.20. The molecule has 3 heteroatoms. The Hall–Kier alpha value is -1.09. The molecule has 1 rings (SSSR count). The fraction of sp³-hybridized carbons (Fsp3) is 0.688. The average molecular weight is 264 g/mol. The van der Waals surface area contributed by atoms with E-state index < -0.39 is 0 Å². The van der Waals surface area contributed by atoms with Crippen LogP contribution >= 0.6 is 0 Å². The van der Waals surface area contributed by atoms with Crippen molar-refractivity contribution < 1.29 is 4.74 Å². The number of hydrogen-bond donors (Lipinski definition) is 1. The molecule has 0 fully saturated rings. The van der Waals surface area contributed by atoms with Gasteiger partial charge in [-0.1, -0.05) is 26.2 Å². The second-order valence-electron chi connectivity index (χ2n) is 5.24. The molecule has 0 aromatic carbocycles. The molecular formula is C16H28N2O. The van der Waals surface area contributed by atoms with Gasteiger partial charge in [-0.25, -0.2) is 0 Å². The molecule has 108 valence electrons. The molecule has 1 N–H and O–H groups in total. The van der Waals surface area contributed by atoms with Gasteiger partial charge < -0.3 is 10.1 Å². The van der Waals surface area contributed by atoms with Gasteiger partial charge in [-0.15, -0.1) is 0 Å². The summed E-state index contributed by atoms with van der Waals surface area (Å²) in [6, 6.07) is 2.04. The smallest absolute Gasteiger partial charge is 0.127 e. The molecule has 1 heterocycles. The van der Waals surface area contributed by atoms with Gasteiger partial charge in [-0.05, 0) is 33.7 Å². The molecule has 0 spiro atoms. The number of hydrogen-bond acceptors (Lipinski definition) is 3. The van der Waals surface area contributed by atoms with Gasteiger partial charge >= 0.3 is 0 Å². The maximum atomic E-state index is 6.08. The van der Waals surface area contributed by atoms with Crippen LogP contribution in [0.1, 0.15) is 57.2 Å². The van der Waals surface area contributed by atoms with Gasteiger partial charge in [0.25, 0.3) is 0 Å². The summed E-state index contributed by atoms with van der Waals surface area (Å²) in [7, 11) is 1.94. The van der Waals surface area contributed by atoms with Crippen molar-refractivity contribution in [3.63, 3.8) is 0 Å². The average Bonchev–Trinajstić information content (AvgIpc) is 2.38. The van der Waals surface area contributed by atoms with Gasteiger partial charge in [0, 0.05) is 30.1 Å². The van der Waals surface area contributed by atoms with E-state index in [-0.39, 0.29) is 6.10 Å². The molecule has 0 aliphatic carbocycles. The minimum Gasteiger partial charge on any atom is -0.490 e. The van der Waals surface area contributed by atoms with Gasteiger partial charge in [0.1, 0.15) is 5.75 Å². The van der Waals surface area contributed by atoms with Crippen molar-refractivity contribution in [1.82, 2.24) is 10.3 Å². The van der Waals surface area contributed by atoms with Crippen molar-refractivity contribution in [3.8, 4) is 5.75 Å². The second-order valence-corrected chi connectivity index (χ2v) is 5.24. The molecule has 0 radical (unpaired) electrons. The van der Waals surface area contributed by atoms with Crippen molar-refractivity contribution in [3.05, 3.63) is 23.5 Å². The van der Waals surface area contributed by atoms with Gasteiger partial charge in [-0.2, -0.15) is 0 Å². The van der Waals surface area contributed by atoms with Crippen LogP contribution < -0.4 is 10.1 Å². The topological polar surface area (TPSA) is 34.1 Å². The molecule has 0 amide bonds. The fourth-order valence-corrected chi connectivity index (χ4v) is 2.13. The number of unbranched alkanes of at least 4 members (excludes halogenated alkanes) is 3. The highest BCUT2D eigenvalue weighted by Gasteiger charge is 2.09. The lowest BCUT2D eigenvalue weighted by Crippen LogP contribution is -2.15. The van der Waals surface area contributed by atoms with Gasteiger partial charge in [0.15, 0.2) is 0 Å². The summed E-state index contributed by atoms with van der Waals surface area (Å²) >= 11 is 0. The van der Waals surface area contributed by atoms with E-state index in [1.54, 1.807) is 0 Å². The predicted molar refractivity (Wildman–Crippen MR) is 80.6 cm³/mol. The van der Waals surface area contributed by atoms with E-state index in [2.05, 4.69) is 24.1 Å². The number of pyridine rings is 1. The zero-order valence-corrected chi connectivity index (χ0v) is 12.8. The molecule has 0 aliphatic rings. The SMILES string of the molecule is CCCCCCC(C)Oc1cc(C)ncc1CNC. The summed E-state index contributed by atoms with van der Waals surface area (Å²) in [5, 5.41) is 3.16. The Balaban J connectivity index is 2.52. The van der Waals surface area contributed by atoms with Gasteiger partial charge in [0.2, 0.25) is 0 Å². The lowest BCUT2D eigenvalue weighted by Gasteiger charge is -2.17. The highest BCUT2D eigenvalue weighted by Crippen LogP contribution is 2.21. The third kappa shape index (κ3) is 6.06. The van der Waals surface area contributed by atoms with E-state index in [4.69, 9.17) is 4.74 Å². The van der Waals surface area contributed by atoms with Crippen molar-refractivity contribution in [1.29, 1.82) is 0 Å². The molecule has 0 saturated heterocycles. The molecule has 1 aromatic heterocycles. The van der Waals surface area contributed by atoms with Crippen LogP contribution in [0.3, 0.4) is 0 Å². The van der Waals surface area contributed by atoms with E-state index in [1.807, 2.05) is 26.2 Å². The first-order chi connectivity index (χ1) is 9.17. The first-order valence-corrected chi connectivity index (χ1v) is 7.44. The van der Waals surface area contributed by atoms with Crippen molar-refractivity contribution in [2.45, 2.75) is 65.5 Å². The van der Waals surface area contributed by atoms with E-state index in [1.165, 1.54) is 25.7 Å². The molecule has 0 bridgehead atoms. The Morgan fingerprint density at radius 3 is 2.79 bits per heavy atom. The zero-order valence-electron chi connectivity index (χ0n) is 12.8. The highest BCUT2D eigenvalue weighted by molar-refractivity contribution is 5.33. The molecule has 1 unspecified atom stereocenters. The molecule has 19 heavy (non-hydrogen) atoms. The van der Waals surface area contributed by atoms with Crippen LogP contribution in [0.5, 0.6) is 5.75 Å². The van der Waals surface area contributed by atoms with E-state index in [9.17, 15) is 0 Å². The highest BCUT2D eigenvalue weighted by atomic mass is 16.5. The third-order valence-electron chi connectivity index (χ3n) is 3.24. The largest absolute Gasteiger partial charge is 0.490 e. The molecule has 0 saturated carbocycles. The van der Waals surface area contributed by atoms with Crippen LogP contribution in [0.15, 0.2) is 12.3 Å². The first kappa shape index (κ1) is 16.0. The molecule has 3 nitrogen and oxygen atoms in total. The quantitative estimate of drug-likeness (QED) is 0.688. The summed E-state index contributed by atoms with van der Waals surface area (Å²) in [6.07, 6.45) is 8.47. The van der Waals surface area contributed by atoms with Crippen molar-refractivity contribution in [2.75, 3.05) is 7.05 Å². The Morgan fingerprint density at radius 1 is 1.32 bits per heavy atom. The number of aromatic nitrogens is 1. The predicted octanol–water partition coefficient (Wildman–Crippen LogP) is 3.85. The first-order valence-electron chi connectivity index (χ1n) is 7.44. The van der Waals surface area contributed by atoms with Crippen LogP contribution in [0, 0.1) is 6.92 Å². The van der Waals surface area contributed by atoms with Crippen LogP contribution in [0.4, 0.5) is 0 Å². The van der Waals surface area contributed by atoms with Gasteiger partial charge in [-0.3, -0.25) is 4.98 Å². The van der Waals surface area contributed by atoms with Gasteiger partial charge in [0.05, 0.1) is 6.10 Å². The van der Waals surface area contributed by atoms with E-state index >= 15 is 0 Å². The van der Waals surface area contributed by atoms with E-state index in [0.29, 0.717) is 0 Å². The summed E-state index contributed by atoms with van der Waals surface area (Å²) in [4.78, 5) is 4.33. The summed E-state index contributed by atoms with van der Waals surface area (Å²) < 4.78 is 6.08. The van der Waals surface area contributed by atoms with Crippen LogP contribution in [0.25, 0.3) is 0 Å². The summed E-state index contributed by atoms with van der Waals surface area (Å²) in [5.74, 6) is 0.977. The molecule has 1 atom stereocenters. The normalized spacial score (nSPS) is 12.4. The number of rotatable bonds is 9. The molecular weight excluding hydrogens is 236 g/mol. The maximum Gasteiger partial charge on any atom is 0.127 e. The Bertz CT molecular complexity index is 366. The molecule has 1 aromatic rings. The maximum absolute atomic E-state index is 6.08. The summed E-state index contributed by atoms with van der Waals surface area (Å²) in [5.41, 5.74) is 2.14. The van der Waals surface area contributed by atoms with Crippen LogP contribution in [0.2, 0.25) is 0 Å². The van der Waals surface area contributed by atoms with Crippen LogP contribution in [-0.4, -0.2) is 18.1 Å².